The van der Waals surface area contributed by atoms with Crippen molar-refractivity contribution in [3.05, 3.63) is 45.6 Å². The lowest BCUT2D eigenvalue weighted by molar-refractivity contribution is 0.103. The molecule has 2 heterocycles. The SMILES string of the molecule is O=C(Nc1ccc(N2CCCS2(=O)=O)cc1Cl)c1cccs1. The van der Waals surface area contributed by atoms with Crippen LogP contribution in [-0.4, -0.2) is 26.6 Å². The van der Waals surface area contributed by atoms with Crippen molar-refractivity contribution in [3.8, 4) is 0 Å². The molecule has 3 rings (SSSR count). The normalized spacial score (nSPS) is 16.7. The van der Waals surface area contributed by atoms with Gasteiger partial charge >= 0.3 is 0 Å². The van der Waals surface area contributed by atoms with E-state index in [0.717, 1.165) is 0 Å². The zero-order valence-electron chi connectivity index (χ0n) is 11.5. The standard InChI is InChI=1S/C14H13ClN2O3S2/c15-11-9-10(17-6-2-8-22(17,19)20)4-5-12(11)16-14(18)13-3-1-7-21-13/h1,3-5,7,9H,2,6,8H2,(H,16,18). The Morgan fingerprint density at radius 1 is 1.32 bits per heavy atom. The molecular formula is C14H13ClN2O3S2. The van der Waals surface area contributed by atoms with E-state index in [4.69, 9.17) is 11.6 Å². The molecule has 1 N–H and O–H groups in total. The second kappa shape index (κ2) is 5.91. The minimum atomic E-state index is -3.24. The van der Waals surface area contributed by atoms with Crippen molar-refractivity contribution in [2.24, 2.45) is 0 Å². The first-order valence-electron chi connectivity index (χ1n) is 6.62. The summed E-state index contributed by atoms with van der Waals surface area (Å²) in [7, 11) is -3.24. The Hall–Kier alpha value is -1.57. The number of carbonyl (C=O) groups excluding carboxylic acids is 1. The van der Waals surface area contributed by atoms with Crippen molar-refractivity contribution in [1.82, 2.24) is 0 Å². The van der Waals surface area contributed by atoms with Crippen LogP contribution in [0.4, 0.5) is 11.4 Å². The summed E-state index contributed by atoms with van der Waals surface area (Å²) in [5, 5.41) is 4.85. The zero-order chi connectivity index (χ0) is 15.7. The lowest BCUT2D eigenvalue weighted by Gasteiger charge is -2.18. The number of halogens is 1. The molecule has 8 heteroatoms. The average Bonchev–Trinajstić information content (AvgIpc) is 3.10. The number of anilines is 2. The molecule has 5 nitrogen and oxygen atoms in total. The summed E-state index contributed by atoms with van der Waals surface area (Å²) >= 11 is 7.51. The molecule has 1 aliphatic rings. The Labute approximate surface area is 137 Å². The molecule has 1 aromatic carbocycles. The van der Waals surface area contributed by atoms with Gasteiger partial charge in [0.15, 0.2) is 0 Å². The molecule has 0 unspecified atom stereocenters. The van der Waals surface area contributed by atoms with Gasteiger partial charge in [-0.25, -0.2) is 8.42 Å². The van der Waals surface area contributed by atoms with E-state index in [0.29, 0.717) is 34.2 Å². The Balaban J connectivity index is 1.82. The predicted molar refractivity (Wildman–Crippen MR) is 89.5 cm³/mol. The summed E-state index contributed by atoms with van der Waals surface area (Å²) in [6.07, 6.45) is 0.608. The molecule has 2 aromatic rings. The van der Waals surface area contributed by atoms with Crippen molar-refractivity contribution in [2.45, 2.75) is 6.42 Å². The molecular weight excluding hydrogens is 344 g/mol. The fourth-order valence-corrected chi connectivity index (χ4v) is 4.68. The number of hydrogen-bond donors (Lipinski definition) is 1. The molecule has 0 radical (unpaired) electrons. The minimum absolute atomic E-state index is 0.154. The van der Waals surface area contributed by atoms with Crippen LogP contribution in [0.25, 0.3) is 0 Å². The maximum Gasteiger partial charge on any atom is 0.265 e. The summed E-state index contributed by atoms with van der Waals surface area (Å²) in [4.78, 5) is 12.6. The zero-order valence-corrected chi connectivity index (χ0v) is 13.8. The first kappa shape index (κ1) is 15.3. The van der Waals surface area contributed by atoms with Crippen molar-refractivity contribution >= 4 is 50.2 Å². The van der Waals surface area contributed by atoms with Gasteiger partial charge in [0.1, 0.15) is 0 Å². The summed E-state index contributed by atoms with van der Waals surface area (Å²) in [6, 6.07) is 8.35. The number of hydrogen-bond acceptors (Lipinski definition) is 4. The van der Waals surface area contributed by atoms with Crippen molar-refractivity contribution < 1.29 is 13.2 Å². The molecule has 1 aliphatic heterocycles. The molecule has 116 valence electrons. The topological polar surface area (TPSA) is 66.5 Å². The Morgan fingerprint density at radius 2 is 2.14 bits per heavy atom. The molecule has 0 atom stereocenters. The van der Waals surface area contributed by atoms with Crippen LogP contribution in [0.5, 0.6) is 0 Å². The van der Waals surface area contributed by atoms with Crippen LogP contribution in [0.2, 0.25) is 5.02 Å². The van der Waals surface area contributed by atoms with Gasteiger partial charge in [-0.15, -0.1) is 11.3 Å². The molecule has 1 fully saturated rings. The lowest BCUT2D eigenvalue weighted by atomic mass is 10.2. The van der Waals surface area contributed by atoms with Gasteiger partial charge < -0.3 is 5.32 Å². The first-order valence-corrected chi connectivity index (χ1v) is 9.49. The third-order valence-corrected chi connectivity index (χ3v) is 6.38. The van der Waals surface area contributed by atoms with Crippen LogP contribution >= 0.6 is 22.9 Å². The van der Waals surface area contributed by atoms with Crippen molar-refractivity contribution in [2.75, 3.05) is 21.9 Å². The number of nitrogens with zero attached hydrogens (tertiary/aromatic N) is 1. The second-order valence-corrected chi connectivity index (χ2v) is 8.21. The molecule has 0 saturated carbocycles. The Morgan fingerprint density at radius 3 is 2.73 bits per heavy atom. The van der Waals surface area contributed by atoms with Crippen LogP contribution in [-0.2, 0) is 10.0 Å². The maximum atomic E-state index is 12.0. The van der Waals surface area contributed by atoms with Gasteiger partial charge in [0.25, 0.3) is 5.91 Å². The summed E-state index contributed by atoms with van der Waals surface area (Å²) in [5.41, 5.74) is 0.983. The summed E-state index contributed by atoms with van der Waals surface area (Å²) in [6.45, 7) is 0.458. The smallest absolute Gasteiger partial charge is 0.265 e. The number of sulfonamides is 1. The molecule has 22 heavy (non-hydrogen) atoms. The van der Waals surface area contributed by atoms with Crippen molar-refractivity contribution in [3.63, 3.8) is 0 Å². The fourth-order valence-electron chi connectivity index (χ4n) is 2.28. The molecule has 0 bridgehead atoms. The van der Waals surface area contributed by atoms with E-state index >= 15 is 0 Å². The number of nitrogens with one attached hydrogen (secondary N) is 1. The second-order valence-electron chi connectivity index (χ2n) is 4.84. The van der Waals surface area contributed by atoms with E-state index in [9.17, 15) is 13.2 Å². The van der Waals surface area contributed by atoms with Gasteiger partial charge in [-0.2, -0.15) is 0 Å². The summed E-state index contributed by atoms with van der Waals surface area (Å²) in [5.74, 6) is -0.0833. The van der Waals surface area contributed by atoms with E-state index < -0.39 is 10.0 Å². The molecule has 0 aliphatic carbocycles. The van der Waals surface area contributed by atoms with Crippen molar-refractivity contribution in [1.29, 1.82) is 0 Å². The van der Waals surface area contributed by atoms with Crippen LogP contribution in [0.15, 0.2) is 35.7 Å². The number of amides is 1. The number of rotatable bonds is 3. The number of thiophene rings is 1. The van der Waals surface area contributed by atoms with Crippen LogP contribution in [0, 0.1) is 0 Å². The highest BCUT2D eigenvalue weighted by atomic mass is 35.5. The van der Waals surface area contributed by atoms with Gasteiger partial charge in [-0.05, 0) is 36.1 Å². The number of benzene rings is 1. The van der Waals surface area contributed by atoms with Gasteiger partial charge in [0.05, 0.1) is 27.0 Å². The molecule has 1 aromatic heterocycles. The number of carbonyl (C=O) groups is 1. The van der Waals surface area contributed by atoms with Crippen LogP contribution < -0.4 is 9.62 Å². The predicted octanol–water partition coefficient (Wildman–Crippen LogP) is 3.19. The third kappa shape index (κ3) is 2.97. The fraction of sp³-hybridized carbons (Fsp3) is 0.214. The largest absolute Gasteiger partial charge is 0.320 e. The Kier molecular flexibility index (Phi) is 4.12. The maximum absolute atomic E-state index is 12.0. The quantitative estimate of drug-likeness (QED) is 0.918. The van der Waals surface area contributed by atoms with Gasteiger partial charge in [-0.1, -0.05) is 17.7 Å². The Bertz CT molecular complexity index is 804. The van der Waals surface area contributed by atoms with E-state index in [1.807, 2.05) is 5.38 Å². The lowest BCUT2D eigenvalue weighted by Crippen LogP contribution is -2.25. The van der Waals surface area contributed by atoms with E-state index in [2.05, 4.69) is 5.32 Å². The highest BCUT2D eigenvalue weighted by Gasteiger charge is 2.28. The van der Waals surface area contributed by atoms with E-state index in [-0.39, 0.29) is 11.7 Å². The van der Waals surface area contributed by atoms with Gasteiger partial charge in [0.2, 0.25) is 10.0 Å². The van der Waals surface area contributed by atoms with E-state index in [1.54, 1.807) is 30.3 Å². The summed E-state index contributed by atoms with van der Waals surface area (Å²) < 4.78 is 25.2. The monoisotopic (exact) mass is 356 g/mol. The average molecular weight is 357 g/mol. The highest BCUT2D eigenvalue weighted by Crippen LogP contribution is 2.31. The highest BCUT2D eigenvalue weighted by molar-refractivity contribution is 7.93. The minimum Gasteiger partial charge on any atom is -0.320 e. The first-order chi connectivity index (χ1) is 10.5. The van der Waals surface area contributed by atoms with Gasteiger partial charge in [0, 0.05) is 6.54 Å². The van der Waals surface area contributed by atoms with Gasteiger partial charge in [-0.3, -0.25) is 9.10 Å². The molecule has 1 saturated heterocycles. The van der Waals surface area contributed by atoms with Crippen LogP contribution in [0.1, 0.15) is 16.1 Å². The third-order valence-electron chi connectivity index (χ3n) is 3.33. The van der Waals surface area contributed by atoms with E-state index in [1.165, 1.54) is 15.6 Å². The van der Waals surface area contributed by atoms with Crippen LogP contribution in [0.3, 0.4) is 0 Å². The molecule has 0 spiro atoms. The molecule has 1 amide bonds.